The van der Waals surface area contributed by atoms with Crippen molar-refractivity contribution in [2.75, 3.05) is 0 Å². The Morgan fingerprint density at radius 1 is 1.07 bits per heavy atom. The zero-order valence-electron chi connectivity index (χ0n) is 15.4. The number of benzene rings is 2. The van der Waals surface area contributed by atoms with Crippen LogP contribution < -0.4 is 21.8 Å². The van der Waals surface area contributed by atoms with E-state index in [-0.39, 0.29) is 5.70 Å². The molecule has 1 saturated carbocycles. The van der Waals surface area contributed by atoms with Gasteiger partial charge < -0.3 is 16.4 Å². The first-order valence-electron chi connectivity index (χ1n) is 9.10. The van der Waals surface area contributed by atoms with Crippen molar-refractivity contribution in [3.8, 4) is 11.1 Å². The number of carbonyl (C=O) groups is 2. The Balaban J connectivity index is 1.64. The second-order valence-electron chi connectivity index (χ2n) is 6.89. The van der Waals surface area contributed by atoms with Crippen molar-refractivity contribution in [1.82, 2.24) is 16.1 Å². The Kier molecular flexibility index (Phi) is 6.08. The fourth-order valence-electron chi connectivity index (χ4n) is 2.78. The van der Waals surface area contributed by atoms with Gasteiger partial charge in [-0.15, -0.1) is 0 Å². The van der Waals surface area contributed by atoms with E-state index in [1.165, 1.54) is 23.9 Å². The number of amides is 2. The van der Waals surface area contributed by atoms with Gasteiger partial charge in [0, 0.05) is 23.8 Å². The molecule has 0 spiro atoms. The first-order valence-corrected chi connectivity index (χ1v) is 9.10. The highest BCUT2D eigenvalue weighted by Crippen LogP contribution is 2.22. The Bertz CT molecular complexity index is 858. The quantitative estimate of drug-likeness (QED) is 0.353. The van der Waals surface area contributed by atoms with Gasteiger partial charge in [-0.05, 0) is 41.7 Å². The predicted molar refractivity (Wildman–Crippen MR) is 106 cm³/mol. The summed E-state index contributed by atoms with van der Waals surface area (Å²) in [7, 11) is 0. The van der Waals surface area contributed by atoms with E-state index in [1.54, 1.807) is 12.1 Å². The fourth-order valence-corrected chi connectivity index (χ4v) is 2.78. The summed E-state index contributed by atoms with van der Waals surface area (Å²) in [5.74, 6) is -1.35. The van der Waals surface area contributed by atoms with Gasteiger partial charge >= 0.3 is 0 Å². The molecule has 2 aromatic carbocycles. The minimum Gasteiger partial charge on any atom is -0.400 e. The van der Waals surface area contributed by atoms with E-state index in [9.17, 15) is 9.59 Å². The van der Waals surface area contributed by atoms with Crippen LogP contribution >= 0.6 is 0 Å². The Hall–Kier alpha value is -3.16. The molecule has 3 rings (SSSR count). The number of hydrogen-bond donors (Lipinski definition) is 5. The largest absolute Gasteiger partial charge is 0.400 e. The summed E-state index contributed by atoms with van der Waals surface area (Å²) in [4.78, 5) is 23.9. The van der Waals surface area contributed by atoms with Gasteiger partial charge in [-0.2, -0.15) is 0 Å². The molecule has 0 aliphatic heterocycles. The van der Waals surface area contributed by atoms with Crippen molar-refractivity contribution in [3.05, 3.63) is 71.9 Å². The standard InChI is InChI=1S/C21H24N4O3/c1-13(22)19(21(27)25-28)24-20(26)17-8-6-16(7-9-17)15-4-2-14(3-5-15)12-23-18-10-11-18/h2-9,18-19,23,28H,1,10-12,22H2,(H,24,26)(H,25,27)/t19-/m1/s1. The Morgan fingerprint density at radius 3 is 2.14 bits per heavy atom. The smallest absolute Gasteiger partial charge is 0.272 e. The molecular weight excluding hydrogens is 356 g/mol. The molecular formula is C21H24N4O3. The summed E-state index contributed by atoms with van der Waals surface area (Å²) in [5, 5.41) is 14.7. The molecule has 7 heteroatoms. The normalized spacial score (nSPS) is 14.2. The highest BCUT2D eigenvalue weighted by atomic mass is 16.5. The van der Waals surface area contributed by atoms with E-state index < -0.39 is 17.9 Å². The van der Waals surface area contributed by atoms with Crippen LogP contribution in [0.2, 0.25) is 0 Å². The molecule has 1 aliphatic carbocycles. The zero-order chi connectivity index (χ0) is 20.1. The Labute approximate surface area is 163 Å². The molecule has 0 bridgehead atoms. The molecule has 0 radical (unpaired) electrons. The number of hydroxylamine groups is 1. The van der Waals surface area contributed by atoms with Crippen LogP contribution in [0.1, 0.15) is 28.8 Å². The molecule has 1 atom stereocenters. The van der Waals surface area contributed by atoms with Crippen molar-refractivity contribution in [1.29, 1.82) is 0 Å². The van der Waals surface area contributed by atoms with Gasteiger partial charge in [-0.25, -0.2) is 5.48 Å². The van der Waals surface area contributed by atoms with E-state index in [4.69, 9.17) is 10.9 Å². The van der Waals surface area contributed by atoms with E-state index in [1.807, 2.05) is 12.1 Å². The predicted octanol–water partition coefficient (Wildman–Crippen LogP) is 1.68. The van der Waals surface area contributed by atoms with Crippen molar-refractivity contribution >= 4 is 11.8 Å². The topological polar surface area (TPSA) is 116 Å². The maximum absolute atomic E-state index is 12.3. The summed E-state index contributed by atoms with van der Waals surface area (Å²) in [6.07, 6.45) is 2.53. The Morgan fingerprint density at radius 2 is 1.64 bits per heavy atom. The summed E-state index contributed by atoms with van der Waals surface area (Å²) in [6.45, 7) is 4.32. The maximum atomic E-state index is 12.3. The van der Waals surface area contributed by atoms with Gasteiger partial charge in [0.2, 0.25) is 0 Å². The monoisotopic (exact) mass is 380 g/mol. The van der Waals surface area contributed by atoms with Crippen molar-refractivity contribution in [2.45, 2.75) is 31.5 Å². The first-order chi connectivity index (χ1) is 13.5. The lowest BCUT2D eigenvalue weighted by molar-refractivity contribution is -0.130. The van der Waals surface area contributed by atoms with Gasteiger partial charge in [0.1, 0.15) is 6.04 Å². The molecule has 1 aliphatic rings. The van der Waals surface area contributed by atoms with Gasteiger partial charge in [0.05, 0.1) is 0 Å². The first kappa shape index (κ1) is 19.6. The van der Waals surface area contributed by atoms with Crippen LogP contribution in [0.5, 0.6) is 0 Å². The lowest BCUT2D eigenvalue weighted by Gasteiger charge is -2.16. The summed E-state index contributed by atoms with van der Waals surface area (Å²) in [6, 6.07) is 14.8. The second-order valence-corrected chi connectivity index (χ2v) is 6.89. The molecule has 0 aromatic heterocycles. The van der Waals surface area contributed by atoms with Crippen molar-refractivity contribution in [2.24, 2.45) is 5.73 Å². The average molecular weight is 380 g/mol. The van der Waals surface area contributed by atoms with Gasteiger partial charge in [0.15, 0.2) is 0 Å². The van der Waals surface area contributed by atoms with Crippen LogP contribution in [0, 0.1) is 0 Å². The van der Waals surface area contributed by atoms with E-state index in [2.05, 4.69) is 41.5 Å². The molecule has 1 fully saturated rings. The van der Waals surface area contributed by atoms with Crippen LogP contribution in [-0.2, 0) is 11.3 Å². The lowest BCUT2D eigenvalue weighted by Crippen LogP contribution is -2.48. The van der Waals surface area contributed by atoms with Crippen LogP contribution in [-0.4, -0.2) is 29.1 Å². The van der Waals surface area contributed by atoms with Crippen molar-refractivity contribution in [3.63, 3.8) is 0 Å². The summed E-state index contributed by atoms with van der Waals surface area (Å²) >= 11 is 0. The third kappa shape index (κ3) is 4.97. The third-order valence-electron chi connectivity index (χ3n) is 4.63. The lowest BCUT2D eigenvalue weighted by atomic mass is 10.0. The number of hydrogen-bond acceptors (Lipinski definition) is 5. The number of nitrogens with one attached hydrogen (secondary N) is 3. The van der Waals surface area contributed by atoms with Crippen LogP contribution in [0.25, 0.3) is 11.1 Å². The highest BCUT2D eigenvalue weighted by Gasteiger charge is 2.22. The van der Waals surface area contributed by atoms with Crippen LogP contribution in [0.3, 0.4) is 0 Å². The fraction of sp³-hybridized carbons (Fsp3) is 0.238. The molecule has 2 amide bonds. The minimum absolute atomic E-state index is 0.0761. The van der Waals surface area contributed by atoms with Crippen LogP contribution in [0.15, 0.2) is 60.8 Å². The molecule has 0 unspecified atom stereocenters. The second kappa shape index (κ2) is 8.69. The molecule has 6 N–H and O–H groups in total. The summed E-state index contributed by atoms with van der Waals surface area (Å²) < 4.78 is 0. The van der Waals surface area contributed by atoms with E-state index >= 15 is 0 Å². The molecule has 7 nitrogen and oxygen atoms in total. The minimum atomic E-state index is -1.21. The SMILES string of the molecule is C=C(N)[C@@H](NC(=O)c1ccc(-c2ccc(CNC3CC3)cc2)cc1)C(=O)NO. The highest BCUT2D eigenvalue weighted by molar-refractivity contribution is 5.98. The molecule has 2 aromatic rings. The summed E-state index contributed by atoms with van der Waals surface area (Å²) in [5.41, 5.74) is 10.5. The number of rotatable bonds is 8. The third-order valence-corrected chi connectivity index (χ3v) is 4.63. The molecule has 28 heavy (non-hydrogen) atoms. The van der Waals surface area contributed by atoms with Gasteiger partial charge in [-0.3, -0.25) is 14.8 Å². The number of nitrogens with two attached hydrogens (primary N) is 1. The van der Waals surface area contributed by atoms with E-state index in [0.717, 1.165) is 17.7 Å². The van der Waals surface area contributed by atoms with Crippen LogP contribution in [0.4, 0.5) is 0 Å². The molecule has 0 saturated heterocycles. The molecule has 146 valence electrons. The van der Waals surface area contributed by atoms with Gasteiger partial charge in [-0.1, -0.05) is 43.0 Å². The van der Waals surface area contributed by atoms with Crippen molar-refractivity contribution < 1.29 is 14.8 Å². The van der Waals surface area contributed by atoms with Gasteiger partial charge in [0.25, 0.3) is 11.8 Å². The zero-order valence-corrected chi connectivity index (χ0v) is 15.4. The maximum Gasteiger partial charge on any atom is 0.272 e. The molecule has 0 heterocycles. The average Bonchev–Trinajstić information content (AvgIpc) is 3.54. The van der Waals surface area contributed by atoms with E-state index in [0.29, 0.717) is 11.6 Å². The number of carbonyl (C=O) groups excluding carboxylic acids is 2.